The molecule has 0 radical (unpaired) electrons. The summed E-state index contributed by atoms with van der Waals surface area (Å²) in [5.74, 6) is 1.83. The molecular weight excluding hydrogens is 268 g/mol. The molecule has 1 aliphatic carbocycles. The molecule has 4 nitrogen and oxygen atoms in total. The maximum atomic E-state index is 4.57. The maximum Gasteiger partial charge on any atom is 0.124 e. The molecule has 1 atom stereocenters. The van der Waals surface area contributed by atoms with Crippen molar-refractivity contribution in [3.63, 3.8) is 0 Å². The molecule has 3 rings (SSSR count). The Kier molecular flexibility index (Phi) is 4.05. The smallest absolute Gasteiger partial charge is 0.124 e. The predicted octanol–water partition coefficient (Wildman–Crippen LogP) is 4.19. The van der Waals surface area contributed by atoms with Crippen molar-refractivity contribution in [3.8, 4) is 0 Å². The molecule has 1 saturated carbocycles. The van der Waals surface area contributed by atoms with Crippen LogP contribution >= 0.6 is 11.3 Å². The summed E-state index contributed by atoms with van der Waals surface area (Å²) in [5.41, 5.74) is 0. The Labute approximate surface area is 124 Å². The van der Waals surface area contributed by atoms with Gasteiger partial charge in [-0.2, -0.15) is 5.10 Å². The third-order valence-corrected chi connectivity index (χ3v) is 5.31. The average molecular weight is 290 g/mol. The van der Waals surface area contributed by atoms with Crippen LogP contribution in [0.15, 0.2) is 18.5 Å². The molecule has 1 N–H and O–H groups in total. The SMILES string of the molecule is CC[C@H](C)n1nccc1NCc1cnc(C2CCC2)s1. The molecule has 1 fully saturated rings. The van der Waals surface area contributed by atoms with Gasteiger partial charge in [0, 0.05) is 23.1 Å². The third kappa shape index (κ3) is 2.73. The van der Waals surface area contributed by atoms with Crippen molar-refractivity contribution in [2.24, 2.45) is 0 Å². The Bertz CT molecular complexity index is 556. The van der Waals surface area contributed by atoms with E-state index in [0.717, 1.165) is 24.7 Å². The molecule has 2 aromatic rings. The van der Waals surface area contributed by atoms with Gasteiger partial charge in [0.25, 0.3) is 0 Å². The molecule has 5 heteroatoms. The standard InChI is InChI=1S/C15H22N4S/c1-3-11(2)19-14(7-8-18-19)16-9-13-10-17-15(20-13)12-5-4-6-12/h7-8,10-12,16H,3-6,9H2,1-2H3/t11-/m0/s1. The quantitative estimate of drug-likeness (QED) is 0.867. The van der Waals surface area contributed by atoms with Gasteiger partial charge >= 0.3 is 0 Å². The van der Waals surface area contributed by atoms with Gasteiger partial charge in [-0.05, 0) is 26.2 Å². The zero-order valence-corrected chi connectivity index (χ0v) is 13.0. The van der Waals surface area contributed by atoms with Crippen LogP contribution in [0.3, 0.4) is 0 Å². The average Bonchev–Trinajstić information content (AvgIpc) is 3.02. The molecule has 20 heavy (non-hydrogen) atoms. The summed E-state index contributed by atoms with van der Waals surface area (Å²) < 4.78 is 2.06. The predicted molar refractivity (Wildman–Crippen MR) is 83.3 cm³/mol. The van der Waals surface area contributed by atoms with E-state index in [1.807, 2.05) is 29.8 Å². The highest BCUT2D eigenvalue weighted by Crippen LogP contribution is 2.38. The Balaban J connectivity index is 1.61. The van der Waals surface area contributed by atoms with Gasteiger partial charge in [-0.3, -0.25) is 0 Å². The number of nitrogens with zero attached hydrogens (tertiary/aromatic N) is 3. The first kappa shape index (κ1) is 13.6. The molecule has 0 amide bonds. The topological polar surface area (TPSA) is 42.7 Å². The minimum absolute atomic E-state index is 0.430. The van der Waals surface area contributed by atoms with E-state index in [9.17, 15) is 0 Å². The lowest BCUT2D eigenvalue weighted by Gasteiger charge is -2.22. The first-order valence-electron chi connectivity index (χ1n) is 7.50. The fourth-order valence-electron chi connectivity index (χ4n) is 2.40. The molecule has 0 saturated heterocycles. The lowest BCUT2D eigenvalue weighted by molar-refractivity contribution is 0.418. The lowest BCUT2D eigenvalue weighted by atomic mass is 9.86. The van der Waals surface area contributed by atoms with E-state index in [1.165, 1.54) is 29.1 Å². The lowest BCUT2D eigenvalue weighted by Crippen LogP contribution is -2.11. The minimum Gasteiger partial charge on any atom is -0.365 e. The molecule has 0 aromatic carbocycles. The van der Waals surface area contributed by atoms with Crippen molar-refractivity contribution < 1.29 is 0 Å². The second kappa shape index (κ2) is 5.95. The maximum absolute atomic E-state index is 4.57. The van der Waals surface area contributed by atoms with Crippen molar-refractivity contribution >= 4 is 17.2 Å². The van der Waals surface area contributed by atoms with E-state index in [1.54, 1.807) is 0 Å². The third-order valence-electron chi connectivity index (χ3n) is 4.15. The van der Waals surface area contributed by atoms with E-state index >= 15 is 0 Å². The van der Waals surface area contributed by atoms with Crippen molar-refractivity contribution in [1.29, 1.82) is 0 Å². The molecule has 108 valence electrons. The van der Waals surface area contributed by atoms with E-state index in [-0.39, 0.29) is 0 Å². The summed E-state index contributed by atoms with van der Waals surface area (Å²) in [7, 11) is 0. The summed E-state index contributed by atoms with van der Waals surface area (Å²) in [6, 6.07) is 2.47. The Morgan fingerprint density at radius 1 is 1.50 bits per heavy atom. The van der Waals surface area contributed by atoms with E-state index in [0.29, 0.717) is 6.04 Å². The molecule has 1 aliphatic rings. The molecule has 0 spiro atoms. The van der Waals surface area contributed by atoms with Crippen LogP contribution in [-0.4, -0.2) is 14.8 Å². The highest BCUT2D eigenvalue weighted by atomic mass is 32.1. The molecule has 0 unspecified atom stereocenters. The largest absolute Gasteiger partial charge is 0.365 e. The summed E-state index contributed by atoms with van der Waals surface area (Å²) in [5, 5.41) is 9.20. The van der Waals surface area contributed by atoms with E-state index < -0.39 is 0 Å². The number of thiazole rings is 1. The van der Waals surface area contributed by atoms with Crippen molar-refractivity contribution in [1.82, 2.24) is 14.8 Å². The van der Waals surface area contributed by atoms with Crippen LogP contribution in [0, 0.1) is 0 Å². The van der Waals surface area contributed by atoms with Crippen LogP contribution in [0.5, 0.6) is 0 Å². The summed E-state index contributed by atoms with van der Waals surface area (Å²) in [6.07, 6.45) is 8.98. The van der Waals surface area contributed by atoms with Gasteiger partial charge < -0.3 is 5.32 Å². The van der Waals surface area contributed by atoms with Gasteiger partial charge in [-0.25, -0.2) is 9.67 Å². The summed E-state index contributed by atoms with van der Waals surface area (Å²) in [4.78, 5) is 5.88. The molecule has 0 aliphatic heterocycles. The fourth-order valence-corrected chi connectivity index (χ4v) is 3.43. The number of hydrogen-bond acceptors (Lipinski definition) is 4. The van der Waals surface area contributed by atoms with Crippen LogP contribution in [0.4, 0.5) is 5.82 Å². The zero-order chi connectivity index (χ0) is 13.9. The van der Waals surface area contributed by atoms with Gasteiger partial charge in [-0.1, -0.05) is 13.3 Å². The molecular formula is C15H22N4S. The van der Waals surface area contributed by atoms with E-state index in [2.05, 4.69) is 33.9 Å². The van der Waals surface area contributed by atoms with Crippen molar-refractivity contribution in [2.45, 2.75) is 58.0 Å². The first-order valence-corrected chi connectivity index (χ1v) is 8.31. The number of anilines is 1. The zero-order valence-electron chi connectivity index (χ0n) is 12.2. The van der Waals surface area contributed by atoms with Crippen LogP contribution in [0.1, 0.15) is 61.4 Å². The van der Waals surface area contributed by atoms with Crippen molar-refractivity contribution in [2.75, 3.05) is 5.32 Å². The molecule has 2 heterocycles. The Hall–Kier alpha value is -1.36. The van der Waals surface area contributed by atoms with Gasteiger partial charge in [0.2, 0.25) is 0 Å². The van der Waals surface area contributed by atoms with Crippen LogP contribution in [0.2, 0.25) is 0 Å². The summed E-state index contributed by atoms with van der Waals surface area (Å²) >= 11 is 1.86. The minimum atomic E-state index is 0.430. The first-order chi connectivity index (χ1) is 9.78. The molecule has 0 bridgehead atoms. The number of aromatic nitrogens is 3. The van der Waals surface area contributed by atoms with Crippen LogP contribution < -0.4 is 5.32 Å². The Morgan fingerprint density at radius 2 is 2.35 bits per heavy atom. The van der Waals surface area contributed by atoms with Crippen LogP contribution in [-0.2, 0) is 6.54 Å². The second-order valence-corrected chi connectivity index (χ2v) is 6.71. The monoisotopic (exact) mass is 290 g/mol. The van der Waals surface area contributed by atoms with E-state index in [4.69, 9.17) is 0 Å². The normalized spacial score (nSPS) is 16.9. The van der Waals surface area contributed by atoms with Gasteiger partial charge in [0.1, 0.15) is 5.82 Å². The second-order valence-electron chi connectivity index (χ2n) is 5.56. The Morgan fingerprint density at radius 3 is 3.05 bits per heavy atom. The number of hydrogen-bond donors (Lipinski definition) is 1. The number of nitrogens with one attached hydrogen (secondary N) is 1. The fraction of sp³-hybridized carbons (Fsp3) is 0.600. The van der Waals surface area contributed by atoms with Gasteiger partial charge in [-0.15, -0.1) is 11.3 Å². The highest BCUT2D eigenvalue weighted by Gasteiger charge is 2.22. The van der Waals surface area contributed by atoms with Gasteiger partial charge in [0.05, 0.1) is 23.8 Å². The highest BCUT2D eigenvalue weighted by molar-refractivity contribution is 7.11. The summed E-state index contributed by atoms with van der Waals surface area (Å²) in [6.45, 7) is 5.22. The molecule has 2 aromatic heterocycles. The van der Waals surface area contributed by atoms with Crippen LogP contribution in [0.25, 0.3) is 0 Å². The van der Waals surface area contributed by atoms with Crippen molar-refractivity contribution in [3.05, 3.63) is 28.3 Å². The van der Waals surface area contributed by atoms with Gasteiger partial charge in [0.15, 0.2) is 0 Å². The number of rotatable bonds is 6.